The van der Waals surface area contributed by atoms with Crippen molar-refractivity contribution in [3.8, 4) is 0 Å². The van der Waals surface area contributed by atoms with Gasteiger partial charge in [-0.3, -0.25) is 5.32 Å². The van der Waals surface area contributed by atoms with Gasteiger partial charge in [-0.1, -0.05) is 25.1 Å². The van der Waals surface area contributed by atoms with Crippen LogP contribution < -0.4 is 10.6 Å². The van der Waals surface area contributed by atoms with Crippen molar-refractivity contribution >= 4 is 11.8 Å². The minimum Gasteiger partial charge on any atom is -0.449 e. The van der Waals surface area contributed by atoms with E-state index in [0.717, 1.165) is 31.6 Å². The molecule has 0 saturated heterocycles. The molecule has 1 aromatic carbocycles. The summed E-state index contributed by atoms with van der Waals surface area (Å²) in [6, 6.07) is 9.28. The lowest BCUT2D eigenvalue weighted by atomic mass is 10.3. The van der Waals surface area contributed by atoms with E-state index in [9.17, 15) is 4.79 Å². The summed E-state index contributed by atoms with van der Waals surface area (Å²) in [6.07, 6.45) is 1.56. The Kier molecular flexibility index (Phi) is 6.82. The fourth-order valence-electron chi connectivity index (χ4n) is 1.34. The van der Waals surface area contributed by atoms with Crippen molar-refractivity contribution in [3.05, 3.63) is 30.3 Å². The van der Waals surface area contributed by atoms with E-state index in [4.69, 9.17) is 4.74 Å². The van der Waals surface area contributed by atoms with Gasteiger partial charge >= 0.3 is 6.09 Å². The third-order valence-electron chi connectivity index (χ3n) is 2.18. The van der Waals surface area contributed by atoms with Crippen molar-refractivity contribution < 1.29 is 9.53 Å². The second kappa shape index (κ2) is 8.58. The highest BCUT2D eigenvalue weighted by Crippen LogP contribution is 2.05. The smallest absolute Gasteiger partial charge is 0.411 e. The second-order valence-electron chi connectivity index (χ2n) is 3.73. The molecule has 0 heterocycles. The Labute approximate surface area is 102 Å². The van der Waals surface area contributed by atoms with Gasteiger partial charge < -0.3 is 10.1 Å². The summed E-state index contributed by atoms with van der Waals surface area (Å²) in [6.45, 7) is 4.45. The van der Waals surface area contributed by atoms with Crippen molar-refractivity contribution in [2.45, 2.75) is 19.8 Å². The molecule has 2 N–H and O–H groups in total. The van der Waals surface area contributed by atoms with Gasteiger partial charge in [-0.15, -0.1) is 0 Å². The van der Waals surface area contributed by atoms with E-state index in [1.807, 2.05) is 30.3 Å². The van der Waals surface area contributed by atoms with E-state index in [1.54, 1.807) is 0 Å². The first-order valence-electron chi connectivity index (χ1n) is 6.02. The number of anilines is 1. The number of amides is 1. The first-order chi connectivity index (χ1) is 8.33. The maximum atomic E-state index is 11.3. The molecular weight excluding hydrogens is 216 g/mol. The van der Waals surface area contributed by atoms with Crippen LogP contribution in [0, 0.1) is 0 Å². The average Bonchev–Trinajstić information content (AvgIpc) is 2.35. The Bertz CT molecular complexity index is 314. The molecule has 0 saturated carbocycles. The first kappa shape index (κ1) is 13.5. The van der Waals surface area contributed by atoms with E-state index < -0.39 is 6.09 Å². The predicted molar refractivity (Wildman–Crippen MR) is 69.2 cm³/mol. The Hall–Kier alpha value is -1.55. The highest BCUT2D eigenvalue weighted by molar-refractivity contribution is 5.84. The van der Waals surface area contributed by atoms with Crippen LogP contribution in [0.3, 0.4) is 0 Å². The fourth-order valence-corrected chi connectivity index (χ4v) is 1.34. The number of carbonyl (C=O) groups is 1. The maximum Gasteiger partial charge on any atom is 0.411 e. The zero-order chi connectivity index (χ0) is 12.3. The van der Waals surface area contributed by atoms with Crippen LogP contribution in [0.2, 0.25) is 0 Å². The predicted octanol–water partition coefficient (Wildman–Crippen LogP) is 2.62. The van der Waals surface area contributed by atoms with Crippen molar-refractivity contribution in [1.82, 2.24) is 5.32 Å². The molecule has 0 bridgehead atoms. The molecule has 0 unspecified atom stereocenters. The largest absolute Gasteiger partial charge is 0.449 e. The molecule has 4 nitrogen and oxygen atoms in total. The van der Waals surface area contributed by atoms with Crippen LogP contribution in [-0.4, -0.2) is 25.8 Å². The Morgan fingerprint density at radius 1 is 1.24 bits per heavy atom. The summed E-state index contributed by atoms with van der Waals surface area (Å²) in [7, 11) is 0. The Morgan fingerprint density at radius 2 is 2.00 bits per heavy atom. The van der Waals surface area contributed by atoms with Gasteiger partial charge in [0.05, 0.1) is 6.61 Å². The minimum atomic E-state index is -0.397. The van der Waals surface area contributed by atoms with Crippen LogP contribution >= 0.6 is 0 Å². The van der Waals surface area contributed by atoms with Crippen molar-refractivity contribution in [3.63, 3.8) is 0 Å². The topological polar surface area (TPSA) is 50.4 Å². The van der Waals surface area contributed by atoms with Crippen LogP contribution in [0.25, 0.3) is 0 Å². The van der Waals surface area contributed by atoms with Crippen molar-refractivity contribution in [1.29, 1.82) is 0 Å². The Balaban J connectivity index is 2.06. The van der Waals surface area contributed by atoms with Crippen molar-refractivity contribution in [2.24, 2.45) is 0 Å². The zero-order valence-corrected chi connectivity index (χ0v) is 10.2. The number of para-hydroxylation sites is 1. The van der Waals surface area contributed by atoms with E-state index >= 15 is 0 Å². The molecule has 0 radical (unpaired) electrons. The highest BCUT2D eigenvalue weighted by Gasteiger charge is 2.01. The van der Waals surface area contributed by atoms with Crippen LogP contribution in [0.1, 0.15) is 19.8 Å². The van der Waals surface area contributed by atoms with Crippen LogP contribution in [0.5, 0.6) is 0 Å². The lowest BCUT2D eigenvalue weighted by Crippen LogP contribution is -2.20. The molecule has 4 heteroatoms. The molecule has 0 aliphatic carbocycles. The molecule has 1 amide bonds. The minimum absolute atomic E-state index is 0.397. The summed E-state index contributed by atoms with van der Waals surface area (Å²) in [4.78, 5) is 11.3. The number of hydrogen-bond acceptors (Lipinski definition) is 3. The summed E-state index contributed by atoms with van der Waals surface area (Å²) in [5.74, 6) is 0. The molecule has 0 atom stereocenters. The number of carbonyl (C=O) groups excluding carboxylic acids is 1. The summed E-state index contributed by atoms with van der Waals surface area (Å²) < 4.78 is 5.04. The van der Waals surface area contributed by atoms with Gasteiger partial charge in [-0.2, -0.15) is 0 Å². The first-order valence-corrected chi connectivity index (χ1v) is 6.02. The van der Waals surface area contributed by atoms with Crippen molar-refractivity contribution in [2.75, 3.05) is 25.0 Å². The SMILES string of the molecule is CCCNCCCOC(=O)Nc1ccccc1. The zero-order valence-electron chi connectivity index (χ0n) is 10.2. The molecule has 0 aliphatic heterocycles. The van der Waals surface area contributed by atoms with Gasteiger partial charge in [-0.05, 0) is 38.1 Å². The van der Waals surface area contributed by atoms with E-state index in [1.165, 1.54) is 0 Å². The standard InChI is InChI=1S/C13H20N2O2/c1-2-9-14-10-6-11-17-13(16)15-12-7-4-3-5-8-12/h3-5,7-8,14H,2,6,9-11H2,1H3,(H,15,16). The molecule has 0 fully saturated rings. The number of ether oxygens (including phenoxy) is 1. The number of nitrogens with one attached hydrogen (secondary N) is 2. The van der Waals surface area contributed by atoms with Gasteiger partial charge in [0.25, 0.3) is 0 Å². The van der Waals surface area contributed by atoms with Gasteiger partial charge in [0.2, 0.25) is 0 Å². The number of benzene rings is 1. The third kappa shape index (κ3) is 6.58. The molecule has 1 aromatic rings. The van der Waals surface area contributed by atoms with Gasteiger partial charge in [0.15, 0.2) is 0 Å². The second-order valence-corrected chi connectivity index (χ2v) is 3.73. The van der Waals surface area contributed by atoms with Gasteiger partial charge in [0.1, 0.15) is 0 Å². The molecule has 94 valence electrons. The fraction of sp³-hybridized carbons (Fsp3) is 0.462. The lowest BCUT2D eigenvalue weighted by molar-refractivity contribution is 0.160. The number of hydrogen-bond donors (Lipinski definition) is 2. The van der Waals surface area contributed by atoms with Crippen LogP contribution in [-0.2, 0) is 4.74 Å². The quantitative estimate of drug-likeness (QED) is 0.715. The highest BCUT2D eigenvalue weighted by atomic mass is 16.5. The monoisotopic (exact) mass is 236 g/mol. The normalized spacial score (nSPS) is 9.94. The molecule has 0 spiro atoms. The van der Waals surface area contributed by atoms with Gasteiger partial charge in [0, 0.05) is 5.69 Å². The molecular formula is C13H20N2O2. The maximum absolute atomic E-state index is 11.3. The molecule has 1 rings (SSSR count). The molecule has 0 aliphatic rings. The van der Waals surface area contributed by atoms with E-state index in [0.29, 0.717) is 6.61 Å². The summed E-state index contributed by atoms with van der Waals surface area (Å²) in [5, 5.41) is 5.91. The molecule has 17 heavy (non-hydrogen) atoms. The average molecular weight is 236 g/mol. The lowest BCUT2D eigenvalue weighted by Gasteiger charge is -2.07. The van der Waals surface area contributed by atoms with E-state index in [-0.39, 0.29) is 0 Å². The summed E-state index contributed by atoms with van der Waals surface area (Å²) in [5.41, 5.74) is 0.751. The van der Waals surface area contributed by atoms with Crippen LogP contribution in [0.15, 0.2) is 30.3 Å². The molecule has 0 aromatic heterocycles. The van der Waals surface area contributed by atoms with Gasteiger partial charge in [-0.25, -0.2) is 4.79 Å². The van der Waals surface area contributed by atoms with Crippen LogP contribution in [0.4, 0.5) is 10.5 Å². The van der Waals surface area contributed by atoms with E-state index in [2.05, 4.69) is 17.6 Å². The Morgan fingerprint density at radius 3 is 2.71 bits per heavy atom. The number of rotatable bonds is 7. The third-order valence-corrected chi connectivity index (χ3v) is 2.18. The summed E-state index contributed by atoms with van der Waals surface area (Å²) >= 11 is 0.